The van der Waals surface area contributed by atoms with Crippen molar-refractivity contribution in [1.29, 1.82) is 0 Å². The van der Waals surface area contributed by atoms with Crippen molar-refractivity contribution < 1.29 is 9.47 Å². The first-order valence-electron chi connectivity index (χ1n) is 10.7. The van der Waals surface area contributed by atoms with Gasteiger partial charge in [-0.2, -0.15) is 0 Å². The van der Waals surface area contributed by atoms with Crippen molar-refractivity contribution >= 4 is 22.3 Å². The summed E-state index contributed by atoms with van der Waals surface area (Å²) in [6, 6.07) is 14.0. The van der Waals surface area contributed by atoms with Crippen LogP contribution in [0.5, 0.6) is 11.5 Å². The van der Waals surface area contributed by atoms with Crippen molar-refractivity contribution in [2.45, 2.75) is 13.5 Å². The van der Waals surface area contributed by atoms with Crippen molar-refractivity contribution in [1.82, 2.24) is 9.88 Å². The standard InChI is InChI=1S/C24H30N4O3/c1-4-27-9-11-28(12-10-27)20-7-5-19(6-8-20)25-16-18-13-17-14-22(30-2)23(31-3)15-21(17)26-24(18)29/h5-8,13-15,25H,4,9-12,16H2,1-3H3,(H,26,29). The van der Waals surface area contributed by atoms with Crippen LogP contribution in [0.15, 0.2) is 47.3 Å². The predicted octanol–water partition coefficient (Wildman–Crippen LogP) is 3.30. The molecule has 0 radical (unpaired) electrons. The average molecular weight is 423 g/mol. The summed E-state index contributed by atoms with van der Waals surface area (Å²) in [5, 5.41) is 4.26. The van der Waals surface area contributed by atoms with E-state index >= 15 is 0 Å². The predicted molar refractivity (Wildman–Crippen MR) is 126 cm³/mol. The Morgan fingerprint density at radius 3 is 2.29 bits per heavy atom. The fourth-order valence-electron chi connectivity index (χ4n) is 4.02. The highest BCUT2D eigenvalue weighted by Gasteiger charge is 2.15. The number of likely N-dealkylation sites (N-methyl/N-ethyl adjacent to an activating group) is 1. The number of ether oxygens (including phenoxy) is 2. The maximum atomic E-state index is 12.5. The number of hydrogen-bond acceptors (Lipinski definition) is 6. The molecule has 0 amide bonds. The Hall–Kier alpha value is -3.19. The summed E-state index contributed by atoms with van der Waals surface area (Å²) >= 11 is 0. The third-order valence-corrected chi connectivity index (χ3v) is 5.96. The van der Waals surface area contributed by atoms with Crippen LogP contribution in [0.2, 0.25) is 0 Å². The second kappa shape index (κ2) is 9.31. The van der Waals surface area contributed by atoms with Gasteiger partial charge >= 0.3 is 0 Å². The van der Waals surface area contributed by atoms with Gasteiger partial charge in [0.15, 0.2) is 11.5 Å². The van der Waals surface area contributed by atoms with Crippen molar-refractivity contribution in [3.63, 3.8) is 0 Å². The molecule has 0 atom stereocenters. The highest BCUT2D eigenvalue weighted by Crippen LogP contribution is 2.31. The largest absolute Gasteiger partial charge is 0.493 e. The number of aromatic amines is 1. The number of nitrogens with zero attached hydrogens (tertiary/aromatic N) is 2. The maximum Gasteiger partial charge on any atom is 0.253 e. The first kappa shape index (κ1) is 21.1. The zero-order valence-electron chi connectivity index (χ0n) is 18.4. The fraction of sp³-hybridized carbons (Fsp3) is 0.375. The lowest BCUT2D eigenvalue weighted by Gasteiger charge is -2.35. The first-order chi connectivity index (χ1) is 15.1. The summed E-state index contributed by atoms with van der Waals surface area (Å²) in [6.07, 6.45) is 0. The van der Waals surface area contributed by atoms with Crippen LogP contribution in [-0.2, 0) is 6.54 Å². The van der Waals surface area contributed by atoms with E-state index in [0.717, 1.165) is 49.3 Å². The van der Waals surface area contributed by atoms with E-state index < -0.39 is 0 Å². The molecule has 4 rings (SSSR count). The first-order valence-corrected chi connectivity index (χ1v) is 10.7. The number of H-pyrrole nitrogens is 1. The molecular formula is C24H30N4O3. The smallest absolute Gasteiger partial charge is 0.253 e. The van der Waals surface area contributed by atoms with Crippen molar-refractivity contribution in [3.8, 4) is 11.5 Å². The number of benzene rings is 2. The molecule has 31 heavy (non-hydrogen) atoms. The number of pyridine rings is 1. The van der Waals surface area contributed by atoms with Gasteiger partial charge < -0.3 is 29.6 Å². The van der Waals surface area contributed by atoms with Gasteiger partial charge in [-0.1, -0.05) is 6.92 Å². The van der Waals surface area contributed by atoms with Gasteiger partial charge in [-0.15, -0.1) is 0 Å². The Labute approximate surface area is 182 Å². The molecule has 7 heteroatoms. The molecule has 1 fully saturated rings. The second-order valence-electron chi connectivity index (χ2n) is 7.74. The molecule has 0 unspecified atom stereocenters. The van der Waals surface area contributed by atoms with E-state index in [-0.39, 0.29) is 5.56 Å². The van der Waals surface area contributed by atoms with Crippen LogP contribution in [0.25, 0.3) is 10.9 Å². The van der Waals surface area contributed by atoms with Crippen molar-refractivity contribution in [2.75, 3.05) is 57.2 Å². The van der Waals surface area contributed by atoms with E-state index in [1.54, 1.807) is 20.3 Å². The SMILES string of the molecule is CCN1CCN(c2ccc(NCc3cc4cc(OC)c(OC)cc4[nH]c3=O)cc2)CC1. The summed E-state index contributed by atoms with van der Waals surface area (Å²) in [7, 11) is 3.18. The lowest BCUT2D eigenvalue weighted by molar-refractivity contribution is 0.271. The summed E-state index contributed by atoms with van der Waals surface area (Å²) in [5.41, 5.74) is 3.50. The third-order valence-electron chi connectivity index (χ3n) is 5.96. The fourth-order valence-corrected chi connectivity index (χ4v) is 4.02. The van der Waals surface area contributed by atoms with Gasteiger partial charge in [0.1, 0.15) is 0 Å². The summed E-state index contributed by atoms with van der Waals surface area (Å²) < 4.78 is 10.7. The van der Waals surface area contributed by atoms with Crippen LogP contribution in [0.1, 0.15) is 12.5 Å². The number of aromatic nitrogens is 1. The number of hydrogen-bond donors (Lipinski definition) is 2. The van der Waals surface area contributed by atoms with Gasteiger partial charge in [-0.05, 0) is 42.9 Å². The number of nitrogens with one attached hydrogen (secondary N) is 2. The summed E-state index contributed by atoms with van der Waals surface area (Å²) in [5.74, 6) is 1.23. The van der Waals surface area contributed by atoms with E-state index in [4.69, 9.17) is 9.47 Å². The van der Waals surface area contributed by atoms with Gasteiger partial charge in [-0.25, -0.2) is 0 Å². The lowest BCUT2D eigenvalue weighted by Crippen LogP contribution is -2.46. The van der Waals surface area contributed by atoms with Gasteiger partial charge in [-0.3, -0.25) is 4.79 Å². The van der Waals surface area contributed by atoms with Crippen LogP contribution in [0, 0.1) is 0 Å². The van der Waals surface area contributed by atoms with Crippen LogP contribution in [0.4, 0.5) is 11.4 Å². The highest BCUT2D eigenvalue weighted by molar-refractivity contribution is 5.83. The quantitative estimate of drug-likeness (QED) is 0.609. The molecule has 1 aromatic heterocycles. The second-order valence-corrected chi connectivity index (χ2v) is 7.74. The minimum absolute atomic E-state index is 0.113. The minimum atomic E-state index is -0.113. The van der Waals surface area contributed by atoms with Crippen LogP contribution < -0.4 is 25.2 Å². The average Bonchev–Trinajstić information content (AvgIpc) is 2.82. The van der Waals surface area contributed by atoms with Gasteiger partial charge in [0, 0.05) is 61.1 Å². The van der Waals surface area contributed by atoms with E-state index in [1.807, 2.05) is 12.1 Å². The zero-order chi connectivity index (χ0) is 21.8. The summed E-state index contributed by atoms with van der Waals surface area (Å²) in [6.45, 7) is 8.10. The number of piperazine rings is 1. The van der Waals surface area contributed by atoms with Crippen LogP contribution >= 0.6 is 0 Å². The Bertz CT molecular complexity index is 1090. The monoisotopic (exact) mass is 422 g/mol. The number of fused-ring (bicyclic) bond motifs is 1. The Kier molecular flexibility index (Phi) is 6.32. The molecule has 7 nitrogen and oxygen atoms in total. The van der Waals surface area contributed by atoms with E-state index in [1.165, 1.54) is 5.69 Å². The molecular weight excluding hydrogens is 392 g/mol. The van der Waals surface area contributed by atoms with Gasteiger partial charge in [0.2, 0.25) is 0 Å². The molecule has 1 saturated heterocycles. The topological polar surface area (TPSA) is 69.8 Å². The molecule has 1 aliphatic heterocycles. The van der Waals surface area contributed by atoms with E-state index in [0.29, 0.717) is 23.6 Å². The van der Waals surface area contributed by atoms with E-state index in [9.17, 15) is 4.79 Å². The molecule has 0 saturated carbocycles. The normalized spacial score (nSPS) is 14.6. The van der Waals surface area contributed by atoms with Crippen LogP contribution in [-0.4, -0.2) is 56.8 Å². The third kappa shape index (κ3) is 4.61. The molecule has 2 aromatic carbocycles. The maximum absolute atomic E-state index is 12.5. The molecule has 0 aliphatic carbocycles. The Morgan fingerprint density at radius 1 is 0.968 bits per heavy atom. The Morgan fingerprint density at radius 2 is 1.65 bits per heavy atom. The summed E-state index contributed by atoms with van der Waals surface area (Å²) in [4.78, 5) is 20.4. The number of anilines is 2. The van der Waals surface area contributed by atoms with Crippen molar-refractivity contribution in [3.05, 3.63) is 58.4 Å². The minimum Gasteiger partial charge on any atom is -0.493 e. The van der Waals surface area contributed by atoms with Crippen LogP contribution in [0.3, 0.4) is 0 Å². The van der Waals surface area contributed by atoms with E-state index in [2.05, 4.69) is 51.3 Å². The van der Waals surface area contributed by atoms with Gasteiger partial charge in [0.25, 0.3) is 5.56 Å². The lowest BCUT2D eigenvalue weighted by atomic mass is 10.1. The molecule has 3 aromatic rings. The molecule has 0 spiro atoms. The van der Waals surface area contributed by atoms with Gasteiger partial charge in [0.05, 0.1) is 19.7 Å². The van der Waals surface area contributed by atoms with Crippen molar-refractivity contribution in [2.24, 2.45) is 0 Å². The molecule has 2 heterocycles. The Balaban J connectivity index is 1.45. The number of methoxy groups -OCH3 is 2. The molecule has 1 aliphatic rings. The highest BCUT2D eigenvalue weighted by atomic mass is 16.5. The number of rotatable bonds is 7. The zero-order valence-corrected chi connectivity index (χ0v) is 18.4. The molecule has 2 N–H and O–H groups in total. The molecule has 0 bridgehead atoms. The molecule has 164 valence electrons.